The predicted octanol–water partition coefficient (Wildman–Crippen LogP) is 3.55. The topological polar surface area (TPSA) is 45.4 Å². The third-order valence-electron chi connectivity index (χ3n) is 4.42. The highest BCUT2D eigenvalue weighted by Gasteiger charge is 2.19. The molecule has 1 aliphatic rings. The normalized spacial score (nSPS) is 16.8. The predicted molar refractivity (Wildman–Crippen MR) is 95.9 cm³/mol. The molecule has 0 unspecified atom stereocenters. The fraction of sp³-hybridized carbons (Fsp3) is 0.556. The SMILES string of the molecule is CC(C)CCN1CCN(Cc2nc(-c3ccc(Cl)cc3)no2)CC1. The Balaban J connectivity index is 1.50. The molecule has 1 fully saturated rings. The number of rotatable bonds is 6. The van der Waals surface area contributed by atoms with Gasteiger partial charge in [-0.3, -0.25) is 4.90 Å². The van der Waals surface area contributed by atoms with Gasteiger partial charge < -0.3 is 9.42 Å². The third-order valence-corrected chi connectivity index (χ3v) is 4.67. The molecular weight excluding hydrogens is 324 g/mol. The molecule has 2 aromatic rings. The monoisotopic (exact) mass is 348 g/mol. The fourth-order valence-corrected chi connectivity index (χ4v) is 2.96. The molecule has 1 saturated heterocycles. The average molecular weight is 349 g/mol. The van der Waals surface area contributed by atoms with E-state index in [9.17, 15) is 0 Å². The van der Waals surface area contributed by atoms with Gasteiger partial charge in [-0.05, 0) is 43.1 Å². The van der Waals surface area contributed by atoms with Crippen molar-refractivity contribution in [2.24, 2.45) is 5.92 Å². The number of benzene rings is 1. The van der Waals surface area contributed by atoms with Crippen LogP contribution >= 0.6 is 11.6 Å². The van der Waals surface area contributed by atoms with Gasteiger partial charge in [0.2, 0.25) is 11.7 Å². The maximum absolute atomic E-state index is 5.91. The lowest BCUT2D eigenvalue weighted by molar-refractivity contribution is 0.113. The van der Waals surface area contributed by atoms with Crippen LogP contribution in [-0.2, 0) is 6.54 Å². The Kier molecular flexibility index (Phi) is 5.87. The van der Waals surface area contributed by atoms with Crippen molar-refractivity contribution in [1.82, 2.24) is 19.9 Å². The first kappa shape index (κ1) is 17.4. The standard InChI is InChI=1S/C18H25ClN4O/c1-14(2)7-8-22-9-11-23(12-10-22)13-17-20-18(21-24-17)15-3-5-16(19)6-4-15/h3-6,14H,7-13H2,1-2H3. The van der Waals surface area contributed by atoms with Gasteiger partial charge in [0.1, 0.15) is 0 Å². The van der Waals surface area contributed by atoms with Crippen LogP contribution in [0.1, 0.15) is 26.2 Å². The minimum atomic E-state index is 0.622. The third kappa shape index (κ3) is 4.79. The van der Waals surface area contributed by atoms with E-state index in [1.807, 2.05) is 24.3 Å². The van der Waals surface area contributed by atoms with Crippen LogP contribution in [0.5, 0.6) is 0 Å². The molecule has 130 valence electrons. The molecular formula is C18H25ClN4O. The second-order valence-corrected chi connectivity index (χ2v) is 7.26. The summed E-state index contributed by atoms with van der Waals surface area (Å²) in [6, 6.07) is 7.49. The van der Waals surface area contributed by atoms with E-state index in [0.717, 1.165) is 44.2 Å². The molecule has 0 bridgehead atoms. The number of halogens is 1. The Labute approximate surface area is 148 Å². The second kappa shape index (κ2) is 8.10. The molecule has 0 saturated carbocycles. The van der Waals surface area contributed by atoms with Crippen molar-refractivity contribution in [3.05, 3.63) is 35.2 Å². The fourth-order valence-electron chi connectivity index (χ4n) is 2.84. The van der Waals surface area contributed by atoms with Crippen LogP contribution in [0.4, 0.5) is 0 Å². The summed E-state index contributed by atoms with van der Waals surface area (Å²) in [5.74, 6) is 2.07. The molecule has 3 rings (SSSR count). The van der Waals surface area contributed by atoms with E-state index in [1.165, 1.54) is 13.0 Å². The quantitative estimate of drug-likeness (QED) is 0.798. The highest BCUT2D eigenvalue weighted by atomic mass is 35.5. The summed E-state index contributed by atoms with van der Waals surface area (Å²) in [5.41, 5.74) is 0.924. The van der Waals surface area contributed by atoms with Gasteiger partial charge in [-0.2, -0.15) is 4.98 Å². The van der Waals surface area contributed by atoms with Gasteiger partial charge in [0, 0.05) is 36.8 Å². The summed E-state index contributed by atoms with van der Waals surface area (Å²) in [7, 11) is 0. The first-order valence-corrected chi connectivity index (χ1v) is 9.01. The van der Waals surface area contributed by atoms with Crippen LogP contribution in [0, 0.1) is 5.92 Å². The Morgan fingerprint density at radius 2 is 1.75 bits per heavy atom. The molecule has 0 spiro atoms. The minimum absolute atomic E-state index is 0.622. The van der Waals surface area contributed by atoms with E-state index < -0.39 is 0 Å². The zero-order valence-electron chi connectivity index (χ0n) is 14.4. The smallest absolute Gasteiger partial charge is 0.241 e. The molecule has 0 N–H and O–H groups in total. The Morgan fingerprint density at radius 3 is 2.42 bits per heavy atom. The summed E-state index contributed by atoms with van der Waals surface area (Å²) in [6.45, 7) is 10.8. The molecule has 24 heavy (non-hydrogen) atoms. The number of piperazine rings is 1. The van der Waals surface area contributed by atoms with Crippen molar-refractivity contribution in [2.75, 3.05) is 32.7 Å². The van der Waals surface area contributed by atoms with Gasteiger partial charge in [-0.15, -0.1) is 0 Å². The maximum Gasteiger partial charge on any atom is 0.241 e. The zero-order valence-corrected chi connectivity index (χ0v) is 15.2. The first-order valence-electron chi connectivity index (χ1n) is 8.63. The molecule has 1 aromatic heterocycles. The lowest BCUT2D eigenvalue weighted by atomic mass is 10.1. The average Bonchev–Trinajstić information content (AvgIpc) is 3.03. The van der Waals surface area contributed by atoms with Crippen molar-refractivity contribution in [2.45, 2.75) is 26.8 Å². The summed E-state index contributed by atoms with van der Waals surface area (Å²) in [4.78, 5) is 9.43. The number of aromatic nitrogens is 2. The molecule has 0 radical (unpaired) electrons. The molecule has 0 atom stereocenters. The van der Waals surface area contributed by atoms with Crippen LogP contribution in [0.25, 0.3) is 11.4 Å². The van der Waals surface area contributed by atoms with Crippen LogP contribution in [-0.4, -0.2) is 52.7 Å². The van der Waals surface area contributed by atoms with E-state index in [-0.39, 0.29) is 0 Å². The van der Waals surface area contributed by atoms with E-state index in [4.69, 9.17) is 16.1 Å². The van der Waals surface area contributed by atoms with Crippen LogP contribution < -0.4 is 0 Å². The van der Waals surface area contributed by atoms with Gasteiger partial charge in [0.15, 0.2) is 0 Å². The largest absolute Gasteiger partial charge is 0.338 e. The maximum atomic E-state index is 5.91. The Morgan fingerprint density at radius 1 is 1.08 bits per heavy atom. The van der Waals surface area contributed by atoms with Crippen molar-refractivity contribution in [1.29, 1.82) is 0 Å². The highest BCUT2D eigenvalue weighted by molar-refractivity contribution is 6.30. The van der Waals surface area contributed by atoms with Crippen LogP contribution in [0.3, 0.4) is 0 Å². The van der Waals surface area contributed by atoms with Crippen molar-refractivity contribution in [3.63, 3.8) is 0 Å². The molecule has 1 aliphatic heterocycles. The molecule has 0 amide bonds. The Bertz CT molecular complexity index is 633. The summed E-state index contributed by atoms with van der Waals surface area (Å²) >= 11 is 5.91. The van der Waals surface area contributed by atoms with Gasteiger partial charge in [-0.25, -0.2) is 0 Å². The molecule has 5 nitrogen and oxygen atoms in total. The minimum Gasteiger partial charge on any atom is -0.338 e. The van der Waals surface area contributed by atoms with Crippen molar-refractivity contribution in [3.8, 4) is 11.4 Å². The van der Waals surface area contributed by atoms with E-state index in [2.05, 4.69) is 33.8 Å². The molecule has 2 heterocycles. The lowest BCUT2D eigenvalue weighted by Crippen LogP contribution is -2.46. The van der Waals surface area contributed by atoms with Gasteiger partial charge in [-0.1, -0.05) is 30.6 Å². The first-order chi connectivity index (χ1) is 11.6. The lowest BCUT2D eigenvalue weighted by Gasteiger charge is -2.34. The van der Waals surface area contributed by atoms with Crippen LogP contribution in [0.15, 0.2) is 28.8 Å². The van der Waals surface area contributed by atoms with Gasteiger partial charge in [0.25, 0.3) is 0 Å². The summed E-state index contributed by atoms with van der Waals surface area (Å²) < 4.78 is 5.41. The zero-order chi connectivity index (χ0) is 16.9. The van der Waals surface area contributed by atoms with Gasteiger partial charge in [0.05, 0.1) is 6.54 Å². The number of nitrogens with zero attached hydrogens (tertiary/aromatic N) is 4. The molecule has 1 aromatic carbocycles. The summed E-state index contributed by atoms with van der Waals surface area (Å²) in [5, 5.41) is 4.79. The van der Waals surface area contributed by atoms with E-state index >= 15 is 0 Å². The number of hydrogen-bond acceptors (Lipinski definition) is 5. The van der Waals surface area contributed by atoms with Crippen LogP contribution in [0.2, 0.25) is 5.02 Å². The van der Waals surface area contributed by atoms with Crippen molar-refractivity contribution >= 4 is 11.6 Å². The highest BCUT2D eigenvalue weighted by Crippen LogP contribution is 2.19. The molecule has 0 aliphatic carbocycles. The van der Waals surface area contributed by atoms with Crippen molar-refractivity contribution < 1.29 is 4.52 Å². The van der Waals surface area contributed by atoms with Gasteiger partial charge >= 0.3 is 0 Å². The molecule has 6 heteroatoms. The van der Waals surface area contributed by atoms with E-state index in [1.54, 1.807) is 0 Å². The Hall–Kier alpha value is -1.43. The number of hydrogen-bond donors (Lipinski definition) is 0. The summed E-state index contributed by atoms with van der Waals surface area (Å²) in [6.07, 6.45) is 1.27. The van der Waals surface area contributed by atoms with E-state index in [0.29, 0.717) is 16.7 Å². The second-order valence-electron chi connectivity index (χ2n) is 6.82.